The number of rotatable bonds is 3. The average molecular weight is 250 g/mol. The molecule has 3 heterocycles. The topological polar surface area (TPSA) is 59.5 Å². The summed E-state index contributed by atoms with van der Waals surface area (Å²) in [5.41, 5.74) is 0. The molecule has 1 aromatic heterocycles. The lowest BCUT2D eigenvalue weighted by Gasteiger charge is -2.18. The normalized spacial score (nSPS) is 26.2. The van der Waals surface area contributed by atoms with E-state index < -0.39 is 0 Å². The quantitative estimate of drug-likeness (QED) is 0.824. The molecule has 0 amide bonds. The van der Waals surface area contributed by atoms with E-state index in [-0.39, 0.29) is 0 Å². The molecule has 6 nitrogen and oxygen atoms in total. The number of anilines is 1. The molecule has 0 aromatic carbocycles. The Bertz CT molecular complexity index is 406. The van der Waals surface area contributed by atoms with Crippen LogP contribution in [0.2, 0.25) is 0 Å². The Morgan fingerprint density at radius 2 is 1.67 bits per heavy atom. The number of methoxy groups -OCH3 is 2. The Morgan fingerprint density at radius 3 is 2.17 bits per heavy atom. The van der Waals surface area contributed by atoms with E-state index in [9.17, 15) is 0 Å². The van der Waals surface area contributed by atoms with Gasteiger partial charge in [-0.2, -0.15) is 9.97 Å². The summed E-state index contributed by atoms with van der Waals surface area (Å²) < 4.78 is 10.4. The van der Waals surface area contributed by atoms with Crippen LogP contribution in [-0.4, -0.2) is 50.4 Å². The van der Waals surface area contributed by atoms with E-state index in [0.717, 1.165) is 26.2 Å². The summed E-state index contributed by atoms with van der Waals surface area (Å²) in [6.07, 6.45) is 0. The molecular weight excluding hydrogens is 232 g/mol. The molecule has 0 radical (unpaired) electrons. The van der Waals surface area contributed by atoms with Crippen molar-refractivity contribution in [2.75, 3.05) is 45.3 Å². The molecule has 0 bridgehead atoms. The van der Waals surface area contributed by atoms with Gasteiger partial charge in [-0.3, -0.25) is 0 Å². The third-order valence-electron chi connectivity index (χ3n) is 3.76. The van der Waals surface area contributed by atoms with Crippen molar-refractivity contribution in [3.05, 3.63) is 6.07 Å². The van der Waals surface area contributed by atoms with Gasteiger partial charge in [0, 0.05) is 26.2 Å². The second kappa shape index (κ2) is 4.61. The van der Waals surface area contributed by atoms with Crippen LogP contribution in [0, 0.1) is 11.8 Å². The molecule has 1 N–H and O–H groups in total. The van der Waals surface area contributed by atoms with Crippen LogP contribution in [0.25, 0.3) is 0 Å². The van der Waals surface area contributed by atoms with Crippen molar-refractivity contribution in [2.24, 2.45) is 11.8 Å². The van der Waals surface area contributed by atoms with Crippen molar-refractivity contribution in [3.63, 3.8) is 0 Å². The Kier molecular flexibility index (Phi) is 2.95. The van der Waals surface area contributed by atoms with E-state index in [0.29, 0.717) is 29.5 Å². The van der Waals surface area contributed by atoms with Gasteiger partial charge >= 0.3 is 0 Å². The molecule has 2 atom stereocenters. The Labute approximate surface area is 106 Å². The molecule has 2 unspecified atom stereocenters. The number of hydrogen-bond acceptors (Lipinski definition) is 6. The summed E-state index contributed by atoms with van der Waals surface area (Å²) in [4.78, 5) is 11.0. The number of nitrogens with one attached hydrogen (secondary N) is 1. The van der Waals surface area contributed by atoms with Crippen LogP contribution < -0.4 is 19.7 Å². The maximum absolute atomic E-state index is 5.18. The first-order chi connectivity index (χ1) is 8.80. The molecule has 0 aliphatic carbocycles. The third kappa shape index (κ3) is 1.96. The van der Waals surface area contributed by atoms with Crippen LogP contribution in [0.15, 0.2) is 6.07 Å². The summed E-state index contributed by atoms with van der Waals surface area (Å²) in [6.45, 7) is 4.21. The van der Waals surface area contributed by atoms with Gasteiger partial charge in [0.1, 0.15) is 0 Å². The molecule has 18 heavy (non-hydrogen) atoms. The predicted octanol–water partition coefficient (Wildman–Crippen LogP) is 0.149. The van der Waals surface area contributed by atoms with E-state index >= 15 is 0 Å². The number of fused-ring (bicyclic) bond motifs is 1. The highest BCUT2D eigenvalue weighted by molar-refractivity contribution is 5.38. The van der Waals surface area contributed by atoms with E-state index in [4.69, 9.17) is 9.47 Å². The molecule has 2 saturated heterocycles. The lowest BCUT2D eigenvalue weighted by Crippen LogP contribution is -2.27. The van der Waals surface area contributed by atoms with Crippen molar-refractivity contribution >= 4 is 5.95 Å². The minimum absolute atomic E-state index is 0.548. The van der Waals surface area contributed by atoms with Crippen LogP contribution in [0.4, 0.5) is 5.95 Å². The van der Waals surface area contributed by atoms with Gasteiger partial charge in [-0.05, 0) is 11.8 Å². The Morgan fingerprint density at radius 1 is 1.11 bits per heavy atom. The van der Waals surface area contributed by atoms with Gasteiger partial charge in [-0.1, -0.05) is 0 Å². The highest BCUT2D eigenvalue weighted by atomic mass is 16.5. The van der Waals surface area contributed by atoms with Crippen molar-refractivity contribution in [1.82, 2.24) is 15.3 Å². The Hall–Kier alpha value is -1.56. The maximum atomic E-state index is 5.18. The first kappa shape index (κ1) is 11.5. The van der Waals surface area contributed by atoms with Gasteiger partial charge in [-0.15, -0.1) is 0 Å². The fourth-order valence-electron chi connectivity index (χ4n) is 2.76. The molecule has 6 heteroatoms. The zero-order valence-electron chi connectivity index (χ0n) is 10.7. The molecule has 0 saturated carbocycles. The molecular formula is C12H18N4O2. The van der Waals surface area contributed by atoms with Crippen LogP contribution >= 0.6 is 0 Å². The minimum atomic E-state index is 0.548. The number of ether oxygens (including phenoxy) is 2. The van der Waals surface area contributed by atoms with E-state index in [1.165, 1.54) is 0 Å². The van der Waals surface area contributed by atoms with Crippen LogP contribution in [-0.2, 0) is 0 Å². The zero-order chi connectivity index (χ0) is 12.5. The predicted molar refractivity (Wildman–Crippen MR) is 67.2 cm³/mol. The summed E-state index contributed by atoms with van der Waals surface area (Å²) >= 11 is 0. The number of aromatic nitrogens is 2. The SMILES string of the molecule is COc1cc(OC)nc(N2CC3CNCC3C2)n1. The van der Waals surface area contributed by atoms with Crippen molar-refractivity contribution < 1.29 is 9.47 Å². The Balaban J connectivity index is 1.83. The second-order valence-electron chi connectivity index (χ2n) is 4.84. The van der Waals surface area contributed by atoms with Gasteiger partial charge in [-0.25, -0.2) is 0 Å². The standard InChI is InChI=1S/C12H18N4O2/c1-17-10-3-11(18-2)15-12(14-10)16-6-8-4-13-5-9(8)7-16/h3,8-9,13H,4-7H2,1-2H3. The lowest BCUT2D eigenvalue weighted by atomic mass is 10.0. The summed E-state index contributed by atoms with van der Waals surface area (Å²) in [5.74, 6) is 3.23. The number of hydrogen-bond donors (Lipinski definition) is 1. The molecule has 0 spiro atoms. The third-order valence-corrected chi connectivity index (χ3v) is 3.76. The largest absolute Gasteiger partial charge is 0.481 e. The van der Waals surface area contributed by atoms with Crippen molar-refractivity contribution in [2.45, 2.75) is 0 Å². The number of nitrogens with zero attached hydrogens (tertiary/aromatic N) is 3. The molecule has 3 rings (SSSR count). The fraction of sp³-hybridized carbons (Fsp3) is 0.667. The van der Waals surface area contributed by atoms with Gasteiger partial charge < -0.3 is 19.7 Å². The van der Waals surface area contributed by atoms with Gasteiger partial charge in [0.15, 0.2) is 0 Å². The molecule has 1 aromatic rings. The highest BCUT2D eigenvalue weighted by Crippen LogP contribution is 2.30. The van der Waals surface area contributed by atoms with Crippen LogP contribution in [0.1, 0.15) is 0 Å². The first-order valence-electron chi connectivity index (χ1n) is 6.23. The molecule has 2 fully saturated rings. The molecule has 2 aliphatic heterocycles. The fourth-order valence-corrected chi connectivity index (χ4v) is 2.76. The van der Waals surface area contributed by atoms with Crippen molar-refractivity contribution in [1.29, 1.82) is 0 Å². The van der Waals surface area contributed by atoms with E-state index in [1.54, 1.807) is 20.3 Å². The first-order valence-corrected chi connectivity index (χ1v) is 6.23. The lowest BCUT2D eigenvalue weighted by molar-refractivity contribution is 0.371. The zero-order valence-corrected chi connectivity index (χ0v) is 10.7. The van der Waals surface area contributed by atoms with Crippen LogP contribution in [0.5, 0.6) is 11.8 Å². The van der Waals surface area contributed by atoms with Crippen molar-refractivity contribution in [3.8, 4) is 11.8 Å². The monoisotopic (exact) mass is 250 g/mol. The van der Waals surface area contributed by atoms with Gasteiger partial charge in [0.2, 0.25) is 17.7 Å². The minimum Gasteiger partial charge on any atom is -0.481 e. The maximum Gasteiger partial charge on any atom is 0.231 e. The smallest absolute Gasteiger partial charge is 0.231 e. The molecule has 98 valence electrons. The average Bonchev–Trinajstić information content (AvgIpc) is 2.98. The summed E-state index contributed by atoms with van der Waals surface area (Å²) in [6, 6.07) is 1.70. The van der Waals surface area contributed by atoms with Gasteiger partial charge in [0.25, 0.3) is 0 Å². The summed E-state index contributed by atoms with van der Waals surface area (Å²) in [7, 11) is 3.21. The van der Waals surface area contributed by atoms with Gasteiger partial charge in [0.05, 0.1) is 20.3 Å². The summed E-state index contributed by atoms with van der Waals surface area (Å²) in [5, 5.41) is 3.42. The molecule has 2 aliphatic rings. The van der Waals surface area contributed by atoms with E-state index in [2.05, 4.69) is 20.2 Å². The highest BCUT2D eigenvalue weighted by Gasteiger charge is 2.37. The van der Waals surface area contributed by atoms with E-state index in [1.807, 2.05) is 0 Å². The van der Waals surface area contributed by atoms with Crippen LogP contribution in [0.3, 0.4) is 0 Å². The second-order valence-corrected chi connectivity index (χ2v) is 4.84.